The normalized spacial score (nSPS) is 24.9. The van der Waals surface area contributed by atoms with E-state index in [0.717, 1.165) is 32.0 Å². The van der Waals surface area contributed by atoms with Gasteiger partial charge in [-0.15, -0.1) is 0 Å². The molecule has 106 valence electrons. The zero-order chi connectivity index (χ0) is 13.2. The molecule has 0 radical (unpaired) electrons. The largest absolute Gasteiger partial charge is 0.385 e. The first kappa shape index (κ1) is 15.2. The van der Waals surface area contributed by atoms with Crippen LogP contribution in [0.1, 0.15) is 39.0 Å². The minimum absolute atomic E-state index is 0.698. The Balaban J connectivity index is 2.27. The second-order valence-electron chi connectivity index (χ2n) is 5.13. The van der Waals surface area contributed by atoms with Crippen LogP contribution >= 0.6 is 0 Å². The summed E-state index contributed by atoms with van der Waals surface area (Å²) in [5, 5.41) is 3.19. The molecule has 0 aromatic carbocycles. The van der Waals surface area contributed by atoms with Gasteiger partial charge in [0.1, 0.15) is 0 Å². The van der Waals surface area contributed by atoms with E-state index in [9.17, 15) is 0 Å². The van der Waals surface area contributed by atoms with E-state index in [-0.39, 0.29) is 0 Å². The molecule has 2 unspecified atom stereocenters. The third kappa shape index (κ3) is 5.69. The fraction of sp³-hybridized carbons (Fsp3) is 0.923. The predicted molar refractivity (Wildman–Crippen MR) is 75.2 cm³/mol. The van der Waals surface area contributed by atoms with Gasteiger partial charge in [0.15, 0.2) is 0 Å². The standard InChI is InChI=1S/C13H28N4O/c1-11-6-3-4-7-12(11)10-16-13(17-14)15-8-5-9-18-2/h11-12H,3-10,14H2,1-2H3,(H2,15,16,17). The molecule has 1 fully saturated rings. The van der Waals surface area contributed by atoms with Gasteiger partial charge in [0.05, 0.1) is 0 Å². The Morgan fingerprint density at radius 3 is 2.83 bits per heavy atom. The zero-order valence-electron chi connectivity index (χ0n) is 11.7. The highest BCUT2D eigenvalue weighted by atomic mass is 16.5. The summed E-state index contributed by atoms with van der Waals surface area (Å²) in [5.74, 6) is 7.66. The number of hydrazine groups is 1. The smallest absolute Gasteiger partial charge is 0.205 e. The zero-order valence-corrected chi connectivity index (χ0v) is 11.7. The number of nitrogens with two attached hydrogens (primary N) is 1. The molecule has 18 heavy (non-hydrogen) atoms. The van der Waals surface area contributed by atoms with Crippen LogP contribution in [0.2, 0.25) is 0 Å². The molecule has 0 spiro atoms. The van der Waals surface area contributed by atoms with Crippen LogP contribution in [0.25, 0.3) is 0 Å². The molecule has 0 aromatic heterocycles. The Morgan fingerprint density at radius 1 is 1.39 bits per heavy atom. The number of rotatable bonds is 6. The second kappa shape index (κ2) is 9.16. The highest BCUT2D eigenvalue weighted by molar-refractivity contribution is 5.79. The molecule has 0 aromatic rings. The monoisotopic (exact) mass is 256 g/mol. The lowest BCUT2D eigenvalue weighted by molar-refractivity contribution is 0.195. The van der Waals surface area contributed by atoms with Crippen LogP contribution in [0.4, 0.5) is 0 Å². The minimum Gasteiger partial charge on any atom is -0.385 e. The van der Waals surface area contributed by atoms with Crippen molar-refractivity contribution in [2.45, 2.75) is 39.0 Å². The van der Waals surface area contributed by atoms with Crippen LogP contribution in [-0.4, -0.2) is 32.8 Å². The predicted octanol–water partition coefficient (Wildman–Crippen LogP) is 1.26. The summed E-state index contributed by atoms with van der Waals surface area (Å²) in [7, 11) is 1.71. The van der Waals surface area contributed by atoms with Gasteiger partial charge in [-0.3, -0.25) is 10.4 Å². The number of hydrogen-bond acceptors (Lipinski definition) is 3. The van der Waals surface area contributed by atoms with E-state index >= 15 is 0 Å². The lowest BCUT2D eigenvalue weighted by Gasteiger charge is -2.27. The molecule has 1 aliphatic rings. The maximum Gasteiger partial charge on any atom is 0.205 e. The van der Waals surface area contributed by atoms with Crippen molar-refractivity contribution in [2.75, 3.05) is 26.8 Å². The van der Waals surface area contributed by atoms with Crippen LogP contribution in [0.5, 0.6) is 0 Å². The van der Waals surface area contributed by atoms with E-state index in [1.807, 2.05) is 0 Å². The topological polar surface area (TPSA) is 71.7 Å². The molecule has 0 amide bonds. The van der Waals surface area contributed by atoms with E-state index < -0.39 is 0 Å². The molecule has 0 aliphatic heterocycles. The summed E-state index contributed by atoms with van der Waals surface area (Å²) in [6, 6.07) is 0. The van der Waals surface area contributed by atoms with Crippen molar-refractivity contribution in [1.29, 1.82) is 0 Å². The lowest BCUT2D eigenvalue weighted by Crippen LogP contribution is -2.42. The fourth-order valence-electron chi connectivity index (χ4n) is 2.45. The van der Waals surface area contributed by atoms with Crippen molar-refractivity contribution >= 4 is 5.96 Å². The third-order valence-corrected chi connectivity index (χ3v) is 3.73. The first-order chi connectivity index (χ1) is 8.77. The van der Waals surface area contributed by atoms with Crippen LogP contribution in [-0.2, 0) is 4.74 Å². The van der Waals surface area contributed by atoms with Crippen molar-refractivity contribution in [3.63, 3.8) is 0 Å². The Hall–Kier alpha value is -0.810. The maximum atomic E-state index is 5.46. The lowest BCUT2D eigenvalue weighted by atomic mass is 9.80. The summed E-state index contributed by atoms with van der Waals surface area (Å²) < 4.78 is 4.99. The third-order valence-electron chi connectivity index (χ3n) is 3.73. The van der Waals surface area contributed by atoms with E-state index in [1.165, 1.54) is 25.7 Å². The average molecular weight is 256 g/mol. The average Bonchev–Trinajstić information content (AvgIpc) is 2.40. The number of nitrogens with zero attached hydrogens (tertiary/aromatic N) is 1. The number of ether oxygens (including phenoxy) is 1. The van der Waals surface area contributed by atoms with Gasteiger partial charge < -0.3 is 10.1 Å². The van der Waals surface area contributed by atoms with Gasteiger partial charge in [-0.2, -0.15) is 0 Å². The molecule has 4 N–H and O–H groups in total. The first-order valence-electron chi connectivity index (χ1n) is 7.01. The number of nitrogens with one attached hydrogen (secondary N) is 2. The van der Waals surface area contributed by atoms with Gasteiger partial charge in [-0.05, 0) is 24.7 Å². The second-order valence-corrected chi connectivity index (χ2v) is 5.13. The SMILES string of the molecule is COCCCNC(=NCC1CCCCC1C)NN. The number of guanidine groups is 1. The summed E-state index contributed by atoms with van der Waals surface area (Å²) in [6.45, 7) is 4.79. The molecule has 1 rings (SSSR count). The molecule has 0 bridgehead atoms. The summed E-state index contributed by atoms with van der Waals surface area (Å²) in [6.07, 6.45) is 6.31. The Bertz CT molecular complexity index is 245. The number of hydrogen-bond donors (Lipinski definition) is 3. The maximum absolute atomic E-state index is 5.46. The Morgan fingerprint density at radius 2 is 2.17 bits per heavy atom. The molecule has 2 atom stereocenters. The molecule has 1 aliphatic carbocycles. The van der Waals surface area contributed by atoms with Crippen LogP contribution in [0.15, 0.2) is 4.99 Å². The van der Waals surface area contributed by atoms with Crippen LogP contribution in [0.3, 0.4) is 0 Å². The van der Waals surface area contributed by atoms with Crippen molar-refractivity contribution in [1.82, 2.24) is 10.7 Å². The quantitative estimate of drug-likeness (QED) is 0.220. The molecule has 1 saturated carbocycles. The summed E-state index contributed by atoms with van der Waals surface area (Å²) >= 11 is 0. The molecular formula is C13H28N4O. The Kier molecular flexibility index (Phi) is 7.76. The first-order valence-corrected chi connectivity index (χ1v) is 7.01. The van der Waals surface area contributed by atoms with Crippen LogP contribution < -0.4 is 16.6 Å². The Labute approximate surface area is 111 Å². The molecule has 5 heteroatoms. The molecular weight excluding hydrogens is 228 g/mol. The fourth-order valence-corrected chi connectivity index (χ4v) is 2.45. The van der Waals surface area contributed by atoms with E-state index in [1.54, 1.807) is 7.11 Å². The van der Waals surface area contributed by atoms with E-state index in [2.05, 4.69) is 22.7 Å². The van der Waals surface area contributed by atoms with Gasteiger partial charge >= 0.3 is 0 Å². The van der Waals surface area contributed by atoms with Gasteiger partial charge in [-0.25, -0.2) is 5.84 Å². The van der Waals surface area contributed by atoms with Crippen molar-refractivity contribution in [3.8, 4) is 0 Å². The minimum atomic E-state index is 0.698. The highest BCUT2D eigenvalue weighted by Crippen LogP contribution is 2.29. The summed E-state index contributed by atoms with van der Waals surface area (Å²) in [5.41, 5.74) is 2.63. The van der Waals surface area contributed by atoms with Gasteiger partial charge in [0, 0.05) is 26.8 Å². The van der Waals surface area contributed by atoms with Gasteiger partial charge in [0.2, 0.25) is 5.96 Å². The van der Waals surface area contributed by atoms with Gasteiger partial charge in [0.25, 0.3) is 0 Å². The van der Waals surface area contributed by atoms with Crippen molar-refractivity contribution in [2.24, 2.45) is 22.7 Å². The summed E-state index contributed by atoms with van der Waals surface area (Å²) in [4.78, 5) is 4.54. The molecule has 5 nitrogen and oxygen atoms in total. The van der Waals surface area contributed by atoms with Gasteiger partial charge in [-0.1, -0.05) is 26.2 Å². The highest BCUT2D eigenvalue weighted by Gasteiger charge is 2.20. The number of aliphatic imine (C=N–C) groups is 1. The number of methoxy groups -OCH3 is 1. The van der Waals surface area contributed by atoms with Crippen molar-refractivity contribution in [3.05, 3.63) is 0 Å². The van der Waals surface area contributed by atoms with Crippen LogP contribution in [0, 0.1) is 11.8 Å². The molecule has 0 saturated heterocycles. The molecule has 0 heterocycles. The van der Waals surface area contributed by atoms with E-state index in [4.69, 9.17) is 10.6 Å². The van der Waals surface area contributed by atoms with Crippen molar-refractivity contribution < 1.29 is 4.74 Å². The van der Waals surface area contributed by atoms with E-state index in [0.29, 0.717) is 11.9 Å².